The molecule has 0 bridgehead atoms. The third-order valence-corrected chi connectivity index (χ3v) is 5.80. The lowest BCUT2D eigenvalue weighted by Gasteiger charge is -2.24. The maximum Gasteiger partial charge on any atom is 0.326 e. The van der Waals surface area contributed by atoms with Crippen LogP contribution >= 0.6 is 0 Å². The average Bonchev–Trinajstić information content (AvgIpc) is 3.27. The highest BCUT2D eigenvalue weighted by molar-refractivity contribution is 5.96. The molecule has 4 atom stereocenters. The van der Waals surface area contributed by atoms with Gasteiger partial charge in [-0.3, -0.25) is 28.8 Å². The summed E-state index contributed by atoms with van der Waals surface area (Å²) in [5, 5.41) is 26.3. The number of aromatic amines is 1. The smallest absolute Gasteiger partial charge is 0.326 e. The molecule has 12 N–H and O–H groups in total. The number of benzene rings is 1. The quantitative estimate of drug-likeness (QED) is 0.101. The van der Waals surface area contributed by atoms with Crippen molar-refractivity contribution < 1.29 is 43.8 Å². The number of fused-ring (bicyclic) bond motifs is 1. The summed E-state index contributed by atoms with van der Waals surface area (Å²) in [5.41, 5.74) is 17.0. The van der Waals surface area contributed by atoms with Crippen LogP contribution in [0.5, 0.6) is 0 Å². The number of rotatable bonds is 16. The number of amides is 5. The van der Waals surface area contributed by atoms with Gasteiger partial charge in [-0.1, -0.05) is 18.2 Å². The van der Waals surface area contributed by atoms with Crippen LogP contribution < -0.4 is 33.2 Å². The highest BCUT2D eigenvalue weighted by Crippen LogP contribution is 2.19. The van der Waals surface area contributed by atoms with Gasteiger partial charge in [0, 0.05) is 29.9 Å². The number of nitrogens with one attached hydrogen (secondary N) is 4. The molecule has 0 radical (unpaired) electrons. The Kier molecular flexibility index (Phi) is 11.1. The van der Waals surface area contributed by atoms with Crippen LogP contribution in [0.1, 0.15) is 31.2 Å². The first-order valence-electron chi connectivity index (χ1n) is 12.0. The van der Waals surface area contributed by atoms with Gasteiger partial charge in [0.25, 0.3) is 0 Å². The minimum Gasteiger partial charge on any atom is -0.481 e. The standard InChI is InChI=1S/C24H31N7O9/c25-13(8-19(27)33)21(36)29-15(5-6-18(26)32)22(37)30-16(9-20(34)35)23(38)31-17(24(39)40)7-11-10-28-14-4-2-1-3-12(11)14/h1-4,10,13,15-17,28H,5-9,25H2,(H2,26,32)(H2,27,33)(H,29,36)(H,30,37)(H,31,38)(H,34,35)(H,39,40). The summed E-state index contributed by atoms with van der Waals surface area (Å²) in [7, 11) is 0. The van der Waals surface area contributed by atoms with Crippen LogP contribution in [-0.2, 0) is 40.0 Å². The second-order valence-electron chi connectivity index (χ2n) is 8.97. The number of aliphatic carboxylic acids is 2. The number of para-hydroxylation sites is 1. The van der Waals surface area contributed by atoms with Crippen molar-refractivity contribution >= 4 is 52.4 Å². The number of primary amides is 2. The molecule has 40 heavy (non-hydrogen) atoms. The van der Waals surface area contributed by atoms with Crippen LogP contribution in [-0.4, -0.2) is 80.8 Å². The molecular weight excluding hydrogens is 530 g/mol. The Hall–Kier alpha value is -4.99. The maximum absolute atomic E-state index is 13.0. The van der Waals surface area contributed by atoms with E-state index in [0.717, 1.165) is 10.9 Å². The second kappa shape index (κ2) is 14.2. The molecule has 0 saturated heterocycles. The Bertz CT molecular complexity index is 1290. The number of carboxylic acid groups (broad SMARTS) is 2. The predicted molar refractivity (Wildman–Crippen MR) is 138 cm³/mol. The Labute approximate surface area is 227 Å². The van der Waals surface area contributed by atoms with E-state index in [4.69, 9.17) is 17.2 Å². The monoisotopic (exact) mass is 561 g/mol. The molecule has 4 unspecified atom stereocenters. The first-order chi connectivity index (χ1) is 18.8. The van der Waals surface area contributed by atoms with Crippen molar-refractivity contribution in [1.82, 2.24) is 20.9 Å². The number of nitrogens with two attached hydrogens (primary N) is 3. The van der Waals surface area contributed by atoms with Gasteiger partial charge < -0.3 is 48.3 Å². The Morgan fingerprint density at radius 1 is 0.800 bits per heavy atom. The fraction of sp³-hybridized carbons (Fsp3) is 0.375. The van der Waals surface area contributed by atoms with Crippen molar-refractivity contribution in [3.63, 3.8) is 0 Å². The zero-order valence-electron chi connectivity index (χ0n) is 21.2. The maximum atomic E-state index is 13.0. The summed E-state index contributed by atoms with van der Waals surface area (Å²) in [5.74, 6) is -7.79. The number of H-pyrrole nitrogens is 1. The van der Waals surface area contributed by atoms with Crippen LogP contribution in [0.3, 0.4) is 0 Å². The van der Waals surface area contributed by atoms with Gasteiger partial charge in [-0.05, 0) is 18.1 Å². The summed E-state index contributed by atoms with van der Waals surface area (Å²) in [6.07, 6.45) is -0.797. The minimum absolute atomic E-state index is 0.159. The fourth-order valence-corrected chi connectivity index (χ4v) is 3.79. The fourth-order valence-electron chi connectivity index (χ4n) is 3.79. The molecule has 1 heterocycles. The van der Waals surface area contributed by atoms with E-state index >= 15 is 0 Å². The van der Waals surface area contributed by atoms with Gasteiger partial charge in [0.2, 0.25) is 29.5 Å². The highest BCUT2D eigenvalue weighted by Gasteiger charge is 2.32. The van der Waals surface area contributed by atoms with E-state index in [1.165, 1.54) is 0 Å². The van der Waals surface area contributed by atoms with Gasteiger partial charge >= 0.3 is 11.9 Å². The zero-order valence-corrected chi connectivity index (χ0v) is 21.2. The lowest BCUT2D eigenvalue weighted by atomic mass is 10.0. The first-order valence-corrected chi connectivity index (χ1v) is 12.0. The summed E-state index contributed by atoms with van der Waals surface area (Å²) in [6.45, 7) is 0. The molecular formula is C24H31N7O9. The average molecular weight is 562 g/mol. The first kappa shape index (κ1) is 31.2. The molecule has 0 fully saturated rings. The van der Waals surface area contributed by atoms with Gasteiger partial charge in [-0.2, -0.15) is 0 Å². The van der Waals surface area contributed by atoms with E-state index in [0.29, 0.717) is 5.56 Å². The SMILES string of the molecule is NC(=O)CCC(NC(=O)C(N)CC(N)=O)C(=O)NC(CC(=O)O)C(=O)NC(Cc1c[nH]c2ccccc12)C(=O)O. The van der Waals surface area contributed by atoms with E-state index in [2.05, 4.69) is 20.9 Å². The molecule has 0 aliphatic heterocycles. The van der Waals surface area contributed by atoms with Crippen LogP contribution in [0.2, 0.25) is 0 Å². The number of carbonyl (C=O) groups is 7. The Morgan fingerprint density at radius 2 is 1.40 bits per heavy atom. The summed E-state index contributed by atoms with van der Waals surface area (Å²) in [6, 6.07) is 0.873. The molecule has 0 spiro atoms. The van der Waals surface area contributed by atoms with Gasteiger partial charge in [-0.25, -0.2) is 4.79 Å². The van der Waals surface area contributed by atoms with E-state index in [1.807, 2.05) is 0 Å². The van der Waals surface area contributed by atoms with Crippen molar-refractivity contribution in [3.8, 4) is 0 Å². The molecule has 1 aromatic heterocycles. The van der Waals surface area contributed by atoms with Crippen molar-refractivity contribution in [1.29, 1.82) is 0 Å². The Morgan fingerprint density at radius 3 is 2.00 bits per heavy atom. The van der Waals surface area contributed by atoms with E-state index in [-0.39, 0.29) is 19.3 Å². The number of aromatic nitrogens is 1. The molecule has 0 aliphatic carbocycles. The van der Waals surface area contributed by atoms with Crippen molar-refractivity contribution in [2.45, 2.75) is 56.3 Å². The van der Waals surface area contributed by atoms with Gasteiger partial charge in [-0.15, -0.1) is 0 Å². The van der Waals surface area contributed by atoms with Crippen LogP contribution in [0.25, 0.3) is 10.9 Å². The molecule has 0 aliphatic rings. The molecule has 16 nitrogen and oxygen atoms in total. The van der Waals surface area contributed by atoms with Crippen LogP contribution in [0, 0.1) is 0 Å². The second-order valence-corrected chi connectivity index (χ2v) is 8.97. The van der Waals surface area contributed by atoms with Crippen LogP contribution in [0.15, 0.2) is 30.5 Å². The normalized spacial score (nSPS) is 13.8. The topological polar surface area (TPSA) is 290 Å². The van der Waals surface area contributed by atoms with Crippen molar-refractivity contribution in [2.75, 3.05) is 0 Å². The molecule has 0 saturated carbocycles. The van der Waals surface area contributed by atoms with Gasteiger partial charge in [0.05, 0.1) is 18.9 Å². The molecule has 2 rings (SSSR count). The third-order valence-electron chi connectivity index (χ3n) is 5.80. The van der Waals surface area contributed by atoms with Gasteiger partial charge in [0.15, 0.2) is 0 Å². The summed E-state index contributed by atoms with van der Waals surface area (Å²) in [4.78, 5) is 86.9. The lowest BCUT2D eigenvalue weighted by molar-refractivity contribution is -0.143. The lowest BCUT2D eigenvalue weighted by Crippen LogP contribution is -2.58. The molecule has 5 amide bonds. The number of hydrogen-bond acceptors (Lipinski definition) is 8. The van der Waals surface area contributed by atoms with E-state index in [9.17, 15) is 43.8 Å². The van der Waals surface area contributed by atoms with Crippen molar-refractivity contribution in [2.24, 2.45) is 17.2 Å². The highest BCUT2D eigenvalue weighted by atomic mass is 16.4. The van der Waals surface area contributed by atoms with E-state index < -0.39 is 78.5 Å². The summed E-state index contributed by atoms with van der Waals surface area (Å²) >= 11 is 0. The van der Waals surface area contributed by atoms with Gasteiger partial charge in [0.1, 0.15) is 18.1 Å². The summed E-state index contributed by atoms with van der Waals surface area (Å²) < 4.78 is 0. The van der Waals surface area contributed by atoms with Crippen LogP contribution in [0.4, 0.5) is 0 Å². The van der Waals surface area contributed by atoms with Crippen molar-refractivity contribution in [3.05, 3.63) is 36.0 Å². The Balaban J connectivity index is 2.20. The molecule has 1 aromatic carbocycles. The largest absolute Gasteiger partial charge is 0.481 e. The molecule has 216 valence electrons. The number of carbonyl (C=O) groups excluding carboxylic acids is 5. The molecule has 2 aromatic rings. The third kappa shape index (κ3) is 9.39. The number of hydrogen-bond donors (Lipinski definition) is 9. The zero-order chi connectivity index (χ0) is 30.0. The molecule has 16 heteroatoms. The van der Waals surface area contributed by atoms with E-state index in [1.54, 1.807) is 30.5 Å². The number of carboxylic acids is 2. The minimum atomic E-state index is -1.76. The predicted octanol–water partition coefficient (Wildman–Crippen LogP) is -2.81.